The fourth-order valence-corrected chi connectivity index (χ4v) is 2.32. The van der Waals surface area contributed by atoms with Crippen molar-refractivity contribution < 1.29 is 14.6 Å². The van der Waals surface area contributed by atoms with E-state index in [1.807, 2.05) is 12.1 Å². The molecule has 120 valence electrons. The van der Waals surface area contributed by atoms with Gasteiger partial charge in [-0.2, -0.15) is 0 Å². The minimum Gasteiger partial charge on any atom is -0.494 e. The molecule has 2 N–H and O–H groups in total. The Balaban J connectivity index is 2.31. The molecule has 0 saturated carbocycles. The molecule has 0 bridgehead atoms. The molecular weight excluding hydrogens is 334 g/mol. The Bertz CT molecular complexity index is 388. The summed E-state index contributed by atoms with van der Waals surface area (Å²) in [6.07, 6.45) is 4.07. The van der Waals surface area contributed by atoms with E-state index in [4.69, 9.17) is 14.6 Å². The van der Waals surface area contributed by atoms with E-state index in [-0.39, 0.29) is 6.61 Å². The molecule has 4 nitrogen and oxygen atoms in total. The molecule has 0 radical (unpaired) electrons. The van der Waals surface area contributed by atoms with E-state index in [2.05, 4.69) is 27.3 Å². The highest BCUT2D eigenvalue weighted by molar-refractivity contribution is 9.10. The van der Waals surface area contributed by atoms with Gasteiger partial charge in [0, 0.05) is 31.3 Å². The molecule has 5 heteroatoms. The van der Waals surface area contributed by atoms with E-state index in [0.717, 1.165) is 55.6 Å². The first-order chi connectivity index (χ1) is 10.3. The van der Waals surface area contributed by atoms with Gasteiger partial charge in [-0.3, -0.25) is 0 Å². The number of ether oxygens (including phenoxy) is 2. The highest BCUT2D eigenvalue weighted by Gasteiger charge is 2.02. The summed E-state index contributed by atoms with van der Waals surface area (Å²) in [5.74, 6) is 0.906. The van der Waals surface area contributed by atoms with Crippen LogP contribution < -0.4 is 10.1 Å². The predicted octanol–water partition coefficient (Wildman–Crippen LogP) is 3.12. The van der Waals surface area contributed by atoms with E-state index < -0.39 is 0 Å². The Kier molecular flexibility index (Phi) is 10.5. The third-order valence-corrected chi connectivity index (χ3v) is 3.91. The molecule has 0 atom stereocenters. The molecule has 0 aliphatic carbocycles. The maximum atomic E-state index is 8.71. The van der Waals surface area contributed by atoms with E-state index in [1.165, 1.54) is 5.56 Å². The number of aliphatic hydroxyl groups excluding tert-OH is 1. The second-order valence-electron chi connectivity index (χ2n) is 4.91. The van der Waals surface area contributed by atoms with Crippen LogP contribution in [0.25, 0.3) is 0 Å². The van der Waals surface area contributed by atoms with Gasteiger partial charge in [0.2, 0.25) is 0 Å². The van der Waals surface area contributed by atoms with Gasteiger partial charge in [0.25, 0.3) is 0 Å². The predicted molar refractivity (Wildman–Crippen MR) is 88.8 cm³/mol. The highest BCUT2D eigenvalue weighted by atomic mass is 79.9. The van der Waals surface area contributed by atoms with Gasteiger partial charge in [0.1, 0.15) is 5.75 Å². The third-order valence-electron chi connectivity index (χ3n) is 3.14. The molecule has 21 heavy (non-hydrogen) atoms. The summed E-state index contributed by atoms with van der Waals surface area (Å²) < 4.78 is 11.9. The number of aliphatic hydroxyl groups is 1. The maximum Gasteiger partial charge on any atom is 0.119 e. The minimum atomic E-state index is 0.285. The Hall–Kier alpha value is -0.620. The summed E-state index contributed by atoms with van der Waals surface area (Å²) in [5.41, 5.74) is 1.18. The average Bonchev–Trinajstić information content (AvgIpc) is 2.50. The van der Waals surface area contributed by atoms with Crippen molar-refractivity contribution in [3.63, 3.8) is 0 Å². The van der Waals surface area contributed by atoms with Gasteiger partial charge in [-0.25, -0.2) is 0 Å². The van der Waals surface area contributed by atoms with E-state index in [0.29, 0.717) is 6.61 Å². The van der Waals surface area contributed by atoms with Crippen molar-refractivity contribution in [3.8, 4) is 5.75 Å². The topological polar surface area (TPSA) is 50.7 Å². The molecule has 1 aromatic carbocycles. The third kappa shape index (κ3) is 8.41. The summed E-state index contributed by atoms with van der Waals surface area (Å²) in [5, 5.41) is 12.0. The second kappa shape index (κ2) is 12.0. The number of unbranched alkanes of at least 4 members (excludes halogenated alkanes) is 3. The van der Waals surface area contributed by atoms with Crippen LogP contribution in [0, 0.1) is 0 Å². The van der Waals surface area contributed by atoms with Gasteiger partial charge in [-0.15, -0.1) is 0 Å². The number of halogens is 1. The van der Waals surface area contributed by atoms with Crippen LogP contribution in [0.3, 0.4) is 0 Å². The average molecular weight is 360 g/mol. The lowest BCUT2D eigenvalue weighted by atomic mass is 10.2. The first-order valence-electron chi connectivity index (χ1n) is 7.49. The fraction of sp³-hybridized carbons (Fsp3) is 0.625. The van der Waals surface area contributed by atoms with Crippen molar-refractivity contribution in [2.75, 3.05) is 33.5 Å². The van der Waals surface area contributed by atoms with E-state index in [1.54, 1.807) is 7.11 Å². The zero-order valence-electron chi connectivity index (χ0n) is 12.7. The lowest BCUT2D eigenvalue weighted by molar-refractivity contribution is 0.199. The van der Waals surface area contributed by atoms with Crippen LogP contribution in [0.4, 0.5) is 0 Å². The molecule has 0 heterocycles. The Labute approximate surface area is 136 Å². The van der Waals surface area contributed by atoms with E-state index >= 15 is 0 Å². The smallest absolute Gasteiger partial charge is 0.119 e. The Morgan fingerprint density at radius 3 is 2.71 bits per heavy atom. The molecule has 0 amide bonds. The van der Waals surface area contributed by atoms with Crippen LogP contribution >= 0.6 is 15.9 Å². The quantitative estimate of drug-likeness (QED) is 0.563. The summed E-state index contributed by atoms with van der Waals surface area (Å²) in [4.78, 5) is 0. The number of methoxy groups -OCH3 is 1. The normalized spacial score (nSPS) is 10.8. The van der Waals surface area contributed by atoms with Gasteiger partial charge >= 0.3 is 0 Å². The number of nitrogens with one attached hydrogen (secondary N) is 1. The van der Waals surface area contributed by atoms with E-state index in [9.17, 15) is 0 Å². The SMILES string of the molecule is COCCNCc1cc(OCCCCCCO)ccc1Br. The summed E-state index contributed by atoms with van der Waals surface area (Å²) in [6, 6.07) is 6.07. The number of hydrogen-bond donors (Lipinski definition) is 2. The van der Waals surface area contributed by atoms with Gasteiger partial charge in [-0.1, -0.05) is 22.4 Å². The monoisotopic (exact) mass is 359 g/mol. The van der Waals surface area contributed by atoms with Crippen molar-refractivity contribution in [1.29, 1.82) is 0 Å². The molecular formula is C16H26BrNO3. The molecule has 0 unspecified atom stereocenters. The van der Waals surface area contributed by atoms with Crippen LogP contribution in [0.5, 0.6) is 5.75 Å². The van der Waals surface area contributed by atoms with Crippen molar-refractivity contribution in [1.82, 2.24) is 5.32 Å². The van der Waals surface area contributed by atoms with Gasteiger partial charge in [-0.05, 0) is 43.0 Å². The standard InChI is InChI=1S/C16H26BrNO3/c1-20-11-8-18-13-14-12-15(6-7-16(14)17)21-10-5-3-2-4-9-19/h6-7,12,18-19H,2-5,8-11,13H2,1H3. The lowest BCUT2D eigenvalue weighted by Gasteiger charge is -2.10. The molecule has 0 saturated heterocycles. The summed E-state index contributed by atoms with van der Waals surface area (Å²) in [6.45, 7) is 3.34. The van der Waals surface area contributed by atoms with Gasteiger partial charge in [0.15, 0.2) is 0 Å². The summed E-state index contributed by atoms with van der Waals surface area (Å²) >= 11 is 3.56. The molecule has 1 aromatic rings. The molecule has 0 aliphatic heterocycles. The number of benzene rings is 1. The first kappa shape index (κ1) is 18.4. The van der Waals surface area contributed by atoms with Gasteiger partial charge < -0.3 is 19.9 Å². The highest BCUT2D eigenvalue weighted by Crippen LogP contribution is 2.22. The van der Waals surface area contributed by atoms with Crippen LogP contribution in [-0.4, -0.2) is 38.6 Å². The Morgan fingerprint density at radius 1 is 1.14 bits per heavy atom. The van der Waals surface area contributed by atoms with Crippen molar-refractivity contribution in [2.45, 2.75) is 32.2 Å². The maximum absolute atomic E-state index is 8.71. The van der Waals surface area contributed by atoms with Crippen molar-refractivity contribution in [2.24, 2.45) is 0 Å². The van der Waals surface area contributed by atoms with Crippen molar-refractivity contribution in [3.05, 3.63) is 28.2 Å². The lowest BCUT2D eigenvalue weighted by Crippen LogP contribution is -2.18. The number of rotatable bonds is 12. The molecule has 0 spiro atoms. The molecule has 0 fully saturated rings. The fourth-order valence-electron chi connectivity index (χ4n) is 1.93. The summed E-state index contributed by atoms with van der Waals surface area (Å²) in [7, 11) is 1.70. The van der Waals surface area contributed by atoms with Crippen molar-refractivity contribution >= 4 is 15.9 Å². The molecule has 0 aliphatic rings. The van der Waals surface area contributed by atoms with Crippen LogP contribution in [-0.2, 0) is 11.3 Å². The van der Waals surface area contributed by atoms with Crippen LogP contribution in [0.1, 0.15) is 31.2 Å². The zero-order chi connectivity index (χ0) is 15.3. The molecule has 0 aromatic heterocycles. The van der Waals surface area contributed by atoms with Gasteiger partial charge in [0.05, 0.1) is 13.2 Å². The second-order valence-corrected chi connectivity index (χ2v) is 5.76. The van der Waals surface area contributed by atoms with Crippen LogP contribution in [0.2, 0.25) is 0 Å². The largest absolute Gasteiger partial charge is 0.494 e. The van der Waals surface area contributed by atoms with Crippen LogP contribution in [0.15, 0.2) is 22.7 Å². The zero-order valence-corrected chi connectivity index (χ0v) is 14.3. The minimum absolute atomic E-state index is 0.285. The Morgan fingerprint density at radius 2 is 1.95 bits per heavy atom. The first-order valence-corrected chi connectivity index (χ1v) is 8.29. The molecule has 1 rings (SSSR count). The number of hydrogen-bond acceptors (Lipinski definition) is 4.